The third-order valence-electron chi connectivity index (χ3n) is 18.5. The first-order chi connectivity index (χ1) is 47.7. The van der Waals surface area contributed by atoms with Crippen LogP contribution in [-0.4, -0.2) is 260 Å². The third-order valence-corrected chi connectivity index (χ3v) is 18.5. The Bertz CT molecular complexity index is 3140. The number of nitrogens with one attached hydrogen (secondary N) is 4. The molecule has 1 aliphatic heterocycles. The number of carbonyl (C=O) groups excluding carboxylic acids is 11. The molecule has 3 rings (SSSR count). The van der Waals surface area contributed by atoms with E-state index in [2.05, 4.69) is 36.5 Å². The number of unbranched alkanes of at least 4 members (excludes halogenated alkanes) is 1. The van der Waals surface area contributed by atoms with Gasteiger partial charge in [0.25, 0.3) is 0 Å². The number of nitrogens with zero attached hydrogens (tertiary/aromatic N) is 11. The van der Waals surface area contributed by atoms with Crippen LogP contribution in [0.3, 0.4) is 0 Å². The SMILES string of the molecule is C/C=C/C[C@@H](C)[C@@H](O)[C@H]1C(=O)N[C@@H](CC)C(=O)N(C)CC(=O)N(C)[C@@H]([C@@H](C)OCCC/C=N/OCc2ccc(-n3cccn3)nc2)C(=O)N[C@@H](C(C)C)C(=O)N(C)[C@H](CC(C)C)C(=O)N[C@@H](C)C(=O)N[C@@H](C)C(=O)N(C)[C@@H](CC(C)C)C(=O)N(C)[C@H](CC(C)C)C(=O)N(C)[C@@H](C(C)C)C(=O)N1C. The molecule has 0 bridgehead atoms. The molecule has 11 amide bonds. The van der Waals surface area contributed by atoms with Gasteiger partial charge in [0.15, 0.2) is 5.82 Å². The highest BCUT2D eigenvalue weighted by atomic mass is 16.6. The smallest absolute Gasteiger partial charge is 0.246 e. The minimum absolute atomic E-state index is 0.0257. The van der Waals surface area contributed by atoms with E-state index in [1.165, 1.54) is 82.8 Å². The molecule has 0 saturated carbocycles. The predicted octanol–water partition coefficient (Wildman–Crippen LogP) is 4.19. The third kappa shape index (κ3) is 25.0. The van der Waals surface area contributed by atoms with E-state index in [0.717, 1.165) is 20.3 Å². The molecular formula is C73H121N15O14. The van der Waals surface area contributed by atoms with Crippen LogP contribution in [0.5, 0.6) is 0 Å². The first-order valence-corrected chi connectivity index (χ1v) is 35.8. The van der Waals surface area contributed by atoms with Crippen molar-refractivity contribution in [2.24, 2.45) is 40.7 Å². The van der Waals surface area contributed by atoms with Crippen LogP contribution in [0.25, 0.3) is 5.82 Å². The monoisotopic (exact) mass is 1430 g/mol. The fourth-order valence-electron chi connectivity index (χ4n) is 12.3. The molecule has 1 saturated heterocycles. The summed E-state index contributed by atoms with van der Waals surface area (Å²) in [5.74, 6) is -9.75. The number of aromatic nitrogens is 3. The van der Waals surface area contributed by atoms with E-state index in [4.69, 9.17) is 9.57 Å². The maximum atomic E-state index is 15.3. The Hall–Kier alpha value is -8.34. The van der Waals surface area contributed by atoms with Crippen LogP contribution in [0.4, 0.5) is 0 Å². The molecular weight excluding hydrogens is 1310 g/mol. The van der Waals surface area contributed by atoms with Gasteiger partial charge in [0.05, 0.1) is 18.8 Å². The highest BCUT2D eigenvalue weighted by Gasteiger charge is 2.46. The van der Waals surface area contributed by atoms with Crippen molar-refractivity contribution in [3.05, 3.63) is 54.5 Å². The molecule has 0 aliphatic carbocycles. The number of oxime groups is 1. The van der Waals surface area contributed by atoms with Crippen LogP contribution in [0, 0.1) is 35.5 Å². The van der Waals surface area contributed by atoms with E-state index < -0.39 is 162 Å². The fourth-order valence-corrected chi connectivity index (χ4v) is 12.3. The molecule has 2 aromatic rings. The number of aliphatic hydroxyl groups is 1. The summed E-state index contributed by atoms with van der Waals surface area (Å²) in [4.78, 5) is 181. The lowest BCUT2D eigenvalue weighted by atomic mass is 9.91. The van der Waals surface area contributed by atoms with Gasteiger partial charge in [0, 0.05) is 86.3 Å². The number of hydrogen-bond donors (Lipinski definition) is 5. The van der Waals surface area contributed by atoms with Crippen molar-refractivity contribution < 1.29 is 67.4 Å². The van der Waals surface area contributed by atoms with E-state index in [9.17, 15) is 33.9 Å². The van der Waals surface area contributed by atoms with Crippen LogP contribution >= 0.6 is 0 Å². The number of amides is 11. The standard InChI is InChI=1S/C73H121N15O14/c1-24-26-30-48(13)63(90)62-67(94)79-53(25-2)69(96)81(17)41-58(89)85(21)61(51(16)101-36-28-27-34-76-102-42-52-31-32-57(74-40-52)88-35-29-33-75-88)66(93)80-59(46(9)10)72(99)82(18)54(37-43(3)4)65(92)77-49(14)64(91)78-50(15)68(95)83(19)55(38-44(5)6)70(97)84(20)56(39-45(7)8)71(98)86(22)60(47(11)12)73(100)87(62)23/h24,26,29,31-35,40,43-51,53-56,59-63,90H,25,27-28,30,36-39,41-42H2,1-23H3,(H,77,92)(H,78,91)(H,79,94)(H,80,93)/b26-24+,76-34+/t48-,49+,50+,51-,53+,54-,55+,56-,59+,60+,61+,62+,63-/m1/s1. The number of aliphatic hydroxyl groups excluding tert-OH is 1. The van der Waals surface area contributed by atoms with Crippen LogP contribution in [0.15, 0.2) is 54.1 Å². The van der Waals surface area contributed by atoms with Crippen LogP contribution in [0.2, 0.25) is 0 Å². The summed E-state index contributed by atoms with van der Waals surface area (Å²) in [5, 5.41) is 31.5. The van der Waals surface area contributed by atoms with Gasteiger partial charge in [0.1, 0.15) is 67.0 Å². The molecule has 572 valence electrons. The molecule has 102 heavy (non-hydrogen) atoms. The molecule has 0 aromatic carbocycles. The average Bonchev–Trinajstić information content (AvgIpc) is 0.809. The second-order valence-electron chi connectivity index (χ2n) is 29.1. The lowest BCUT2D eigenvalue weighted by Gasteiger charge is -2.41. The van der Waals surface area contributed by atoms with Gasteiger partial charge in [-0.05, 0) is 120 Å². The van der Waals surface area contributed by atoms with Gasteiger partial charge < -0.3 is 70.2 Å². The van der Waals surface area contributed by atoms with E-state index in [-0.39, 0.29) is 63.1 Å². The van der Waals surface area contributed by atoms with Gasteiger partial charge in [-0.3, -0.25) is 52.7 Å². The quantitative estimate of drug-likeness (QED) is 0.0451. The van der Waals surface area contributed by atoms with Gasteiger partial charge in [-0.15, -0.1) is 0 Å². The molecule has 0 radical (unpaired) electrons. The summed E-state index contributed by atoms with van der Waals surface area (Å²) >= 11 is 0. The van der Waals surface area contributed by atoms with Gasteiger partial charge in [-0.2, -0.15) is 5.10 Å². The topological polar surface area (TPSA) is 340 Å². The Balaban J connectivity index is 2.22. The lowest BCUT2D eigenvalue weighted by Crippen LogP contribution is -2.63. The Labute approximate surface area is 605 Å². The molecule has 0 unspecified atom stereocenters. The normalized spacial score (nSPS) is 24.7. The number of ether oxygens (including phenoxy) is 1. The molecule has 13 atom stereocenters. The van der Waals surface area contributed by atoms with E-state index in [1.54, 1.807) is 109 Å². The molecule has 0 spiro atoms. The number of likely N-dealkylation sites (N-methyl/N-ethyl adjacent to an activating group) is 7. The fraction of sp³-hybridized carbons (Fsp3) is 0.699. The molecule has 1 fully saturated rings. The second kappa shape index (κ2) is 41.7. The van der Waals surface area contributed by atoms with Crippen molar-refractivity contribution in [3.63, 3.8) is 0 Å². The minimum atomic E-state index is -1.65. The lowest BCUT2D eigenvalue weighted by molar-refractivity contribution is -0.157. The van der Waals surface area contributed by atoms with Crippen molar-refractivity contribution in [1.29, 1.82) is 0 Å². The van der Waals surface area contributed by atoms with E-state index in [1.807, 2.05) is 47.6 Å². The molecule has 3 heterocycles. The predicted molar refractivity (Wildman–Crippen MR) is 388 cm³/mol. The van der Waals surface area contributed by atoms with Crippen molar-refractivity contribution >= 4 is 71.2 Å². The van der Waals surface area contributed by atoms with Crippen molar-refractivity contribution in [2.45, 2.75) is 235 Å². The van der Waals surface area contributed by atoms with Crippen LogP contribution in [0.1, 0.15) is 161 Å². The number of rotatable bonds is 23. The van der Waals surface area contributed by atoms with Gasteiger partial charge >= 0.3 is 0 Å². The number of hydrogen-bond acceptors (Lipinski definition) is 17. The highest BCUT2D eigenvalue weighted by molar-refractivity contribution is 5.99. The summed E-state index contributed by atoms with van der Waals surface area (Å²) in [6.45, 7) is 27.1. The van der Waals surface area contributed by atoms with E-state index in [0.29, 0.717) is 18.7 Å². The number of pyridine rings is 1. The Morgan fingerprint density at radius 1 is 0.608 bits per heavy atom. The Morgan fingerprint density at radius 3 is 1.69 bits per heavy atom. The number of carbonyl (C=O) groups is 11. The molecule has 29 heteroatoms. The molecule has 1 aliphatic rings. The maximum Gasteiger partial charge on any atom is 0.246 e. The first kappa shape index (κ1) is 87.9. The zero-order valence-electron chi connectivity index (χ0n) is 64.8. The average molecular weight is 1430 g/mol. The van der Waals surface area contributed by atoms with Crippen LogP contribution in [-0.2, 0) is 68.9 Å². The largest absolute Gasteiger partial charge is 0.391 e. The minimum Gasteiger partial charge on any atom is -0.391 e. The summed E-state index contributed by atoms with van der Waals surface area (Å²) in [7, 11) is 9.76. The summed E-state index contributed by atoms with van der Waals surface area (Å²) < 4.78 is 7.90. The van der Waals surface area contributed by atoms with Crippen molar-refractivity contribution in [1.82, 2.24) is 70.3 Å². The number of allylic oxidation sites excluding steroid dienone is 2. The van der Waals surface area contributed by atoms with Gasteiger partial charge in [0.2, 0.25) is 65.0 Å². The highest BCUT2D eigenvalue weighted by Crippen LogP contribution is 2.26. The summed E-state index contributed by atoms with van der Waals surface area (Å²) in [6.07, 6.45) is 9.03. The van der Waals surface area contributed by atoms with Crippen LogP contribution < -0.4 is 21.3 Å². The second-order valence-corrected chi connectivity index (χ2v) is 29.1. The summed E-state index contributed by atoms with van der Waals surface area (Å²) in [5.41, 5.74) is 0.774. The van der Waals surface area contributed by atoms with Crippen molar-refractivity contribution in [3.8, 4) is 5.82 Å². The van der Waals surface area contributed by atoms with Gasteiger partial charge in [-0.1, -0.05) is 106 Å². The van der Waals surface area contributed by atoms with E-state index >= 15 is 24.0 Å². The molecule has 5 N–H and O–H groups in total. The Morgan fingerprint density at radius 2 is 1.16 bits per heavy atom. The zero-order chi connectivity index (χ0) is 77.3. The zero-order valence-corrected chi connectivity index (χ0v) is 64.8. The maximum absolute atomic E-state index is 15.3. The summed E-state index contributed by atoms with van der Waals surface area (Å²) in [6, 6.07) is -7.67. The van der Waals surface area contributed by atoms with Gasteiger partial charge in [-0.25, -0.2) is 9.67 Å². The van der Waals surface area contributed by atoms with Crippen molar-refractivity contribution in [2.75, 3.05) is 62.5 Å². The molecule has 2 aromatic heterocycles. The first-order valence-electron chi connectivity index (χ1n) is 35.8. The molecule has 29 nitrogen and oxygen atoms in total. The Kier molecular flexibility index (Phi) is 35.9.